The average molecular weight is 305 g/mol. The van der Waals surface area contributed by atoms with Crippen LogP contribution in [0.1, 0.15) is 12.5 Å². The number of pyridine rings is 1. The molecule has 0 aliphatic carbocycles. The van der Waals surface area contributed by atoms with E-state index in [1.807, 2.05) is 0 Å². The fraction of sp³-hybridized carbons (Fsp3) is 0.133. The second kappa shape index (κ2) is 6.75. The number of aromatic nitrogens is 1. The Kier molecular flexibility index (Phi) is 4.77. The summed E-state index contributed by atoms with van der Waals surface area (Å²) in [5, 5.41) is 3.66. The lowest BCUT2D eigenvalue weighted by Gasteiger charge is -2.06. The van der Waals surface area contributed by atoms with Crippen LogP contribution in [0.15, 0.2) is 52.5 Å². The Hall–Kier alpha value is -2.83. The zero-order valence-corrected chi connectivity index (χ0v) is 11.7. The molecule has 0 aliphatic rings. The van der Waals surface area contributed by atoms with E-state index in [1.54, 1.807) is 12.1 Å². The van der Waals surface area contributed by atoms with Crippen LogP contribution in [0.5, 0.6) is 0 Å². The van der Waals surface area contributed by atoms with Crippen LogP contribution in [-0.4, -0.2) is 16.2 Å². The van der Waals surface area contributed by atoms with Crippen molar-refractivity contribution in [2.24, 2.45) is 5.10 Å². The number of hydrogen-bond donors (Lipinski definition) is 1. The van der Waals surface area contributed by atoms with Gasteiger partial charge >= 0.3 is 0 Å². The van der Waals surface area contributed by atoms with Crippen molar-refractivity contribution in [2.75, 3.05) is 0 Å². The highest BCUT2D eigenvalue weighted by atomic mass is 19.1. The first kappa shape index (κ1) is 15.6. The van der Waals surface area contributed by atoms with Gasteiger partial charge in [0, 0.05) is 12.3 Å². The van der Waals surface area contributed by atoms with Gasteiger partial charge in [-0.1, -0.05) is 12.1 Å². The summed E-state index contributed by atoms with van der Waals surface area (Å²) >= 11 is 0. The van der Waals surface area contributed by atoms with Crippen LogP contribution in [-0.2, 0) is 11.3 Å². The predicted molar refractivity (Wildman–Crippen MR) is 77.4 cm³/mol. The zero-order chi connectivity index (χ0) is 16.1. The van der Waals surface area contributed by atoms with E-state index in [4.69, 9.17) is 0 Å². The van der Waals surface area contributed by atoms with Gasteiger partial charge in [0.05, 0.1) is 11.3 Å². The first-order chi connectivity index (χ1) is 10.5. The highest BCUT2D eigenvalue weighted by molar-refractivity contribution is 5.99. The first-order valence-corrected chi connectivity index (χ1v) is 6.42. The van der Waals surface area contributed by atoms with E-state index in [1.165, 1.54) is 29.8 Å². The molecule has 2 rings (SSSR count). The Morgan fingerprint density at radius 2 is 1.86 bits per heavy atom. The highest BCUT2D eigenvalue weighted by Crippen LogP contribution is 2.12. The summed E-state index contributed by atoms with van der Waals surface area (Å²) in [7, 11) is 0. The largest absolute Gasteiger partial charge is 0.306 e. The Labute approximate surface area is 124 Å². The molecule has 1 heterocycles. The molecule has 1 aromatic carbocycles. The van der Waals surface area contributed by atoms with Gasteiger partial charge in [-0.2, -0.15) is 5.10 Å². The maximum atomic E-state index is 13.5. The first-order valence-electron chi connectivity index (χ1n) is 6.42. The minimum atomic E-state index is -0.769. The van der Waals surface area contributed by atoms with E-state index in [2.05, 4.69) is 10.5 Å². The molecule has 0 saturated carbocycles. The Morgan fingerprint density at radius 3 is 2.50 bits per heavy atom. The third-order valence-electron chi connectivity index (χ3n) is 2.89. The van der Waals surface area contributed by atoms with Gasteiger partial charge in [0.25, 0.3) is 11.5 Å². The molecule has 7 heteroatoms. The molecule has 0 bridgehead atoms. The van der Waals surface area contributed by atoms with Crippen molar-refractivity contribution < 1.29 is 13.6 Å². The smallest absolute Gasteiger partial charge is 0.260 e. The van der Waals surface area contributed by atoms with E-state index in [-0.39, 0.29) is 23.4 Å². The van der Waals surface area contributed by atoms with Gasteiger partial charge < -0.3 is 4.57 Å². The monoisotopic (exact) mass is 305 g/mol. The van der Waals surface area contributed by atoms with Gasteiger partial charge in [0.15, 0.2) is 0 Å². The van der Waals surface area contributed by atoms with Crippen LogP contribution in [0.4, 0.5) is 8.78 Å². The van der Waals surface area contributed by atoms with E-state index >= 15 is 0 Å². The lowest BCUT2D eigenvalue weighted by molar-refractivity contribution is -0.121. The van der Waals surface area contributed by atoms with Crippen molar-refractivity contribution in [1.29, 1.82) is 0 Å². The standard InChI is InChI=1S/C15H13F2N3O2/c1-10(15-11(16)5-4-6-12(15)17)18-19-13(21)9-20-8-3-2-7-14(20)22/h2-8H,9H2,1H3,(H,19,21)/b18-10-. The van der Waals surface area contributed by atoms with E-state index in [0.717, 1.165) is 12.1 Å². The fourth-order valence-corrected chi connectivity index (χ4v) is 1.83. The normalized spacial score (nSPS) is 11.3. The Bertz CT molecular complexity index is 764. The van der Waals surface area contributed by atoms with Gasteiger partial charge in [-0.3, -0.25) is 9.59 Å². The number of nitrogens with zero attached hydrogens (tertiary/aromatic N) is 2. The van der Waals surface area contributed by atoms with Crippen molar-refractivity contribution >= 4 is 11.6 Å². The highest BCUT2D eigenvalue weighted by Gasteiger charge is 2.12. The van der Waals surface area contributed by atoms with Gasteiger partial charge in [0.2, 0.25) is 0 Å². The van der Waals surface area contributed by atoms with Crippen molar-refractivity contribution in [1.82, 2.24) is 9.99 Å². The molecule has 0 unspecified atom stereocenters. The molecular formula is C15H13F2N3O2. The summed E-state index contributed by atoms with van der Waals surface area (Å²) in [5.41, 5.74) is 1.52. The van der Waals surface area contributed by atoms with Crippen molar-refractivity contribution in [3.8, 4) is 0 Å². The van der Waals surface area contributed by atoms with Crippen LogP contribution in [0.2, 0.25) is 0 Å². The molecule has 0 saturated heterocycles. The minimum Gasteiger partial charge on any atom is -0.306 e. The molecule has 1 amide bonds. The SMILES string of the molecule is C/C(=N/NC(=O)Cn1ccccc1=O)c1c(F)cccc1F. The second-order valence-corrected chi connectivity index (χ2v) is 4.50. The number of amides is 1. The number of hydrazone groups is 1. The minimum absolute atomic E-state index is 0.00985. The molecule has 114 valence electrons. The third-order valence-corrected chi connectivity index (χ3v) is 2.89. The van der Waals surface area contributed by atoms with Crippen molar-refractivity contribution in [2.45, 2.75) is 13.5 Å². The summed E-state index contributed by atoms with van der Waals surface area (Å²) in [5.74, 6) is -2.12. The predicted octanol–water partition coefficient (Wildman–Crippen LogP) is 1.67. The summed E-state index contributed by atoms with van der Waals surface area (Å²) in [4.78, 5) is 23.2. The zero-order valence-electron chi connectivity index (χ0n) is 11.7. The van der Waals surface area contributed by atoms with E-state index < -0.39 is 17.5 Å². The lowest BCUT2D eigenvalue weighted by Crippen LogP contribution is -2.29. The average Bonchev–Trinajstić information content (AvgIpc) is 2.47. The maximum absolute atomic E-state index is 13.5. The maximum Gasteiger partial charge on any atom is 0.260 e. The van der Waals surface area contributed by atoms with Crippen molar-refractivity contribution in [3.63, 3.8) is 0 Å². The Balaban J connectivity index is 2.10. The number of carbonyl (C=O) groups is 1. The van der Waals surface area contributed by atoms with Crippen LogP contribution < -0.4 is 11.0 Å². The molecule has 1 aromatic heterocycles. The molecule has 0 fully saturated rings. The van der Waals surface area contributed by atoms with Gasteiger partial charge in [0.1, 0.15) is 18.2 Å². The molecule has 0 spiro atoms. The van der Waals surface area contributed by atoms with Gasteiger partial charge in [-0.05, 0) is 25.1 Å². The number of hydrogen-bond acceptors (Lipinski definition) is 3. The number of carbonyl (C=O) groups excluding carboxylic acids is 1. The van der Waals surface area contributed by atoms with Gasteiger partial charge in [-0.25, -0.2) is 14.2 Å². The second-order valence-electron chi connectivity index (χ2n) is 4.50. The summed E-state index contributed by atoms with van der Waals surface area (Å²) in [6.45, 7) is 1.13. The topological polar surface area (TPSA) is 63.5 Å². The third kappa shape index (κ3) is 3.63. The molecule has 0 aliphatic heterocycles. The number of halogens is 2. The Morgan fingerprint density at radius 1 is 1.18 bits per heavy atom. The lowest BCUT2D eigenvalue weighted by atomic mass is 10.1. The summed E-state index contributed by atoms with van der Waals surface area (Å²) in [6, 6.07) is 7.92. The van der Waals surface area contributed by atoms with E-state index in [9.17, 15) is 18.4 Å². The van der Waals surface area contributed by atoms with Crippen LogP contribution in [0.25, 0.3) is 0 Å². The van der Waals surface area contributed by atoms with Crippen molar-refractivity contribution in [3.05, 3.63) is 70.1 Å². The van der Waals surface area contributed by atoms with Crippen LogP contribution in [0.3, 0.4) is 0 Å². The number of benzene rings is 1. The molecular weight excluding hydrogens is 292 g/mol. The molecule has 1 N–H and O–H groups in total. The summed E-state index contributed by atoms with van der Waals surface area (Å²) in [6.07, 6.45) is 1.45. The van der Waals surface area contributed by atoms with Crippen LogP contribution >= 0.6 is 0 Å². The van der Waals surface area contributed by atoms with Crippen LogP contribution in [0, 0.1) is 11.6 Å². The molecule has 2 aromatic rings. The summed E-state index contributed by atoms with van der Waals surface area (Å²) < 4.78 is 28.3. The molecule has 22 heavy (non-hydrogen) atoms. The number of rotatable bonds is 4. The fourth-order valence-electron chi connectivity index (χ4n) is 1.83. The van der Waals surface area contributed by atoms with Gasteiger partial charge in [-0.15, -0.1) is 0 Å². The molecule has 0 radical (unpaired) electrons. The molecule has 5 nitrogen and oxygen atoms in total. The molecule has 0 atom stereocenters. The quantitative estimate of drug-likeness (QED) is 0.690. The van der Waals surface area contributed by atoms with E-state index in [0.29, 0.717) is 0 Å². The number of nitrogens with one attached hydrogen (secondary N) is 1.